The first-order chi connectivity index (χ1) is 12.2. The SMILES string of the molecule is CC(=O)c1cccc(N2C(SCC(=O)N(C)C)=N[C@@H]3CS(=O)(=O)C[C@@H]32)c1. The standard InChI is InChI=1S/C17H21N3O4S2/c1-11(21)12-5-4-6-13(7-12)20-15-10-26(23,24)9-14(15)18-17(20)25-8-16(22)19(2)3/h4-7,14-15H,8-10H2,1-3H3/t14-,15+/m1/s1. The molecule has 2 heterocycles. The number of benzene rings is 1. The van der Waals surface area contributed by atoms with Crippen LogP contribution in [-0.2, 0) is 14.6 Å². The maximum Gasteiger partial charge on any atom is 0.232 e. The number of carbonyl (C=O) groups is 2. The highest BCUT2D eigenvalue weighted by Gasteiger charge is 2.47. The lowest BCUT2D eigenvalue weighted by Crippen LogP contribution is -2.39. The Hall–Kier alpha value is -1.87. The lowest BCUT2D eigenvalue weighted by molar-refractivity contribution is -0.125. The molecule has 1 aromatic rings. The molecule has 1 amide bonds. The molecule has 0 unspecified atom stereocenters. The Morgan fingerprint density at radius 3 is 2.69 bits per heavy atom. The monoisotopic (exact) mass is 395 g/mol. The molecule has 0 radical (unpaired) electrons. The van der Waals surface area contributed by atoms with Crippen LogP contribution in [0.1, 0.15) is 17.3 Å². The van der Waals surface area contributed by atoms with E-state index in [-0.39, 0.29) is 41.0 Å². The summed E-state index contributed by atoms with van der Waals surface area (Å²) >= 11 is 1.30. The lowest BCUT2D eigenvalue weighted by atomic mass is 10.1. The normalized spacial score (nSPS) is 23.5. The molecular weight excluding hydrogens is 374 g/mol. The topological polar surface area (TPSA) is 87.1 Å². The first kappa shape index (κ1) is 18.9. The maximum atomic E-state index is 12.0. The zero-order valence-corrected chi connectivity index (χ0v) is 16.5. The van der Waals surface area contributed by atoms with E-state index in [1.54, 1.807) is 32.3 Å². The Balaban J connectivity index is 1.92. The smallest absolute Gasteiger partial charge is 0.232 e. The number of fused-ring (bicyclic) bond motifs is 1. The summed E-state index contributed by atoms with van der Waals surface area (Å²) in [5.74, 6) is 0.167. The first-order valence-corrected chi connectivity index (χ1v) is 11.0. The number of amides is 1. The van der Waals surface area contributed by atoms with Crippen molar-refractivity contribution in [1.29, 1.82) is 0 Å². The molecule has 26 heavy (non-hydrogen) atoms. The van der Waals surface area contributed by atoms with Gasteiger partial charge in [0.05, 0.1) is 29.3 Å². The average Bonchev–Trinajstić information content (AvgIpc) is 3.03. The molecule has 0 aromatic heterocycles. The minimum absolute atomic E-state index is 0.0201. The van der Waals surface area contributed by atoms with E-state index in [9.17, 15) is 18.0 Å². The van der Waals surface area contributed by atoms with Crippen molar-refractivity contribution >= 4 is 44.1 Å². The van der Waals surface area contributed by atoms with Crippen LogP contribution in [0.4, 0.5) is 5.69 Å². The van der Waals surface area contributed by atoms with Gasteiger partial charge in [-0.25, -0.2) is 8.42 Å². The van der Waals surface area contributed by atoms with E-state index in [0.717, 1.165) is 5.69 Å². The van der Waals surface area contributed by atoms with Crippen LogP contribution in [0.25, 0.3) is 0 Å². The molecule has 9 heteroatoms. The Labute approximate surface area is 157 Å². The first-order valence-electron chi connectivity index (χ1n) is 8.19. The van der Waals surface area contributed by atoms with Crippen LogP contribution >= 0.6 is 11.8 Å². The van der Waals surface area contributed by atoms with Crippen LogP contribution in [0.15, 0.2) is 29.3 Å². The number of ketones is 1. The fourth-order valence-electron chi connectivity index (χ4n) is 3.07. The minimum Gasteiger partial charge on any atom is -0.348 e. The Morgan fingerprint density at radius 2 is 2.04 bits per heavy atom. The second kappa shape index (κ2) is 7.03. The summed E-state index contributed by atoms with van der Waals surface area (Å²) < 4.78 is 24.1. The van der Waals surface area contributed by atoms with Crippen LogP contribution < -0.4 is 4.90 Å². The molecule has 0 spiro atoms. The van der Waals surface area contributed by atoms with E-state index in [0.29, 0.717) is 10.7 Å². The average molecular weight is 396 g/mol. The third-order valence-corrected chi connectivity index (χ3v) is 7.11. The number of hydrogen-bond donors (Lipinski definition) is 0. The van der Waals surface area contributed by atoms with Crippen LogP contribution in [0, 0.1) is 0 Å². The highest BCUT2D eigenvalue weighted by atomic mass is 32.2. The number of Topliss-reactive ketones (excluding diaryl/α,β-unsaturated/α-hetero) is 1. The number of aliphatic imine (C=N–C) groups is 1. The highest BCUT2D eigenvalue weighted by molar-refractivity contribution is 8.14. The van der Waals surface area contributed by atoms with Gasteiger partial charge in [-0.1, -0.05) is 23.9 Å². The molecule has 7 nitrogen and oxygen atoms in total. The van der Waals surface area contributed by atoms with E-state index < -0.39 is 9.84 Å². The maximum absolute atomic E-state index is 12.0. The number of anilines is 1. The van der Waals surface area contributed by atoms with Crippen LogP contribution in [0.3, 0.4) is 0 Å². The number of thioether (sulfide) groups is 1. The zero-order valence-electron chi connectivity index (χ0n) is 14.9. The Bertz CT molecular complexity index is 880. The summed E-state index contributed by atoms with van der Waals surface area (Å²) in [6, 6.07) is 6.46. The molecule has 0 aliphatic carbocycles. The summed E-state index contributed by atoms with van der Waals surface area (Å²) in [5, 5.41) is 0.630. The van der Waals surface area contributed by atoms with E-state index in [4.69, 9.17) is 0 Å². The number of hydrogen-bond acceptors (Lipinski definition) is 7. The number of amidine groups is 1. The van der Waals surface area contributed by atoms with E-state index in [1.807, 2.05) is 11.0 Å². The number of nitrogens with zero attached hydrogens (tertiary/aromatic N) is 3. The summed E-state index contributed by atoms with van der Waals surface area (Å²) in [6.07, 6.45) is 0. The zero-order chi connectivity index (χ0) is 19.1. The predicted octanol–water partition coefficient (Wildman–Crippen LogP) is 1.05. The van der Waals surface area contributed by atoms with Crippen molar-refractivity contribution in [2.45, 2.75) is 19.0 Å². The Kier molecular flexibility index (Phi) is 5.12. The molecule has 1 fully saturated rings. The van der Waals surface area contributed by atoms with Gasteiger partial charge in [0.1, 0.15) is 0 Å². The van der Waals surface area contributed by atoms with Crippen molar-refractivity contribution < 1.29 is 18.0 Å². The molecule has 2 aliphatic rings. The van der Waals surface area contributed by atoms with Crippen LogP contribution in [0.2, 0.25) is 0 Å². The molecule has 140 valence electrons. The highest BCUT2D eigenvalue weighted by Crippen LogP contribution is 2.35. The molecule has 2 atom stereocenters. The van der Waals surface area contributed by atoms with E-state index >= 15 is 0 Å². The third-order valence-electron chi connectivity index (χ3n) is 4.46. The van der Waals surface area contributed by atoms with Crippen molar-refractivity contribution in [2.24, 2.45) is 4.99 Å². The van der Waals surface area contributed by atoms with Gasteiger partial charge < -0.3 is 9.80 Å². The fourth-order valence-corrected chi connectivity index (χ4v) is 6.01. The molecule has 2 aliphatic heterocycles. The van der Waals surface area contributed by atoms with Gasteiger partial charge in [-0.3, -0.25) is 14.6 Å². The Morgan fingerprint density at radius 1 is 1.31 bits per heavy atom. The van der Waals surface area contributed by atoms with Crippen LogP contribution in [-0.4, -0.2) is 73.6 Å². The van der Waals surface area contributed by atoms with Crippen molar-refractivity contribution in [3.8, 4) is 0 Å². The number of rotatable bonds is 4. The second-order valence-corrected chi connectivity index (χ2v) is 9.77. The van der Waals surface area contributed by atoms with Crippen LogP contribution in [0.5, 0.6) is 0 Å². The molecular formula is C17H21N3O4S2. The minimum atomic E-state index is -3.14. The molecule has 1 saturated heterocycles. The van der Waals surface area contributed by atoms with Crippen molar-refractivity contribution in [3.05, 3.63) is 29.8 Å². The molecule has 0 saturated carbocycles. The van der Waals surface area contributed by atoms with Crippen molar-refractivity contribution in [2.75, 3.05) is 36.3 Å². The second-order valence-electron chi connectivity index (χ2n) is 6.68. The molecule has 0 bridgehead atoms. The number of carbonyl (C=O) groups excluding carboxylic acids is 2. The molecule has 0 N–H and O–H groups in total. The van der Waals surface area contributed by atoms with Gasteiger partial charge in [0, 0.05) is 25.3 Å². The van der Waals surface area contributed by atoms with Gasteiger partial charge >= 0.3 is 0 Å². The molecule has 1 aromatic carbocycles. The van der Waals surface area contributed by atoms with Crippen molar-refractivity contribution in [3.63, 3.8) is 0 Å². The van der Waals surface area contributed by atoms with Crippen molar-refractivity contribution in [1.82, 2.24) is 4.90 Å². The van der Waals surface area contributed by atoms with E-state index in [1.165, 1.54) is 23.6 Å². The quantitative estimate of drug-likeness (QED) is 0.709. The van der Waals surface area contributed by atoms with E-state index in [2.05, 4.69) is 4.99 Å². The van der Waals surface area contributed by atoms with Gasteiger partial charge in [-0.2, -0.15) is 0 Å². The van der Waals surface area contributed by atoms with Gasteiger partial charge in [-0.05, 0) is 19.1 Å². The largest absolute Gasteiger partial charge is 0.348 e. The summed E-state index contributed by atoms with van der Waals surface area (Å²) in [6.45, 7) is 1.49. The summed E-state index contributed by atoms with van der Waals surface area (Å²) in [4.78, 5) is 31.6. The third kappa shape index (κ3) is 3.78. The van der Waals surface area contributed by atoms with Gasteiger partial charge in [-0.15, -0.1) is 0 Å². The summed E-state index contributed by atoms with van der Waals surface area (Å²) in [7, 11) is 0.237. The lowest BCUT2D eigenvalue weighted by Gasteiger charge is -2.27. The summed E-state index contributed by atoms with van der Waals surface area (Å²) in [5.41, 5.74) is 1.28. The fraction of sp³-hybridized carbons (Fsp3) is 0.471. The van der Waals surface area contributed by atoms with Gasteiger partial charge in [0.15, 0.2) is 20.8 Å². The number of sulfone groups is 1. The van der Waals surface area contributed by atoms with Gasteiger partial charge in [0.25, 0.3) is 0 Å². The molecule has 3 rings (SSSR count). The predicted molar refractivity (Wildman–Crippen MR) is 104 cm³/mol. The van der Waals surface area contributed by atoms with Gasteiger partial charge in [0.2, 0.25) is 5.91 Å².